The van der Waals surface area contributed by atoms with Gasteiger partial charge in [-0.05, 0) is 12.1 Å². The molecule has 17 heavy (non-hydrogen) atoms. The topological polar surface area (TPSA) is 104 Å². The zero-order valence-corrected chi connectivity index (χ0v) is 9.94. The maximum absolute atomic E-state index is 5.63. The molecule has 1 aromatic carbocycles. The van der Waals surface area contributed by atoms with Gasteiger partial charge in [0.05, 0.1) is 7.11 Å². The molecule has 0 atom stereocenters. The van der Waals surface area contributed by atoms with Crippen LogP contribution in [0, 0.1) is 0 Å². The highest BCUT2D eigenvalue weighted by molar-refractivity contribution is 7.13. The average molecular weight is 252 g/mol. The number of nitrogens with two attached hydrogens (primary N) is 1. The first-order chi connectivity index (χ1) is 7.79. The van der Waals surface area contributed by atoms with Crippen LogP contribution in [-0.2, 0) is 0 Å². The fourth-order valence-corrected chi connectivity index (χ4v) is 1.59. The van der Waals surface area contributed by atoms with E-state index in [1.54, 1.807) is 31.5 Å². The van der Waals surface area contributed by atoms with Gasteiger partial charge >= 0.3 is 0 Å². The molecule has 0 spiro atoms. The lowest BCUT2D eigenvalue weighted by Gasteiger charge is -2.03. The summed E-state index contributed by atoms with van der Waals surface area (Å²) in [6.07, 6.45) is 1.68. The molecular formula is C10H12N4O2S. The number of thiazole rings is 1. The SMILES string of the molecule is COc1cc(N)ccc1N=Nc1nccs1.O. The molecule has 0 radical (unpaired) electrons. The van der Waals surface area contributed by atoms with Crippen LogP contribution in [0.15, 0.2) is 40.0 Å². The van der Waals surface area contributed by atoms with Gasteiger partial charge in [0, 0.05) is 23.3 Å². The number of aromatic nitrogens is 1. The summed E-state index contributed by atoms with van der Waals surface area (Å²) >= 11 is 1.42. The Bertz CT molecular complexity index is 499. The van der Waals surface area contributed by atoms with E-state index in [9.17, 15) is 0 Å². The molecule has 7 heteroatoms. The van der Waals surface area contributed by atoms with Crippen LogP contribution >= 0.6 is 11.3 Å². The molecule has 0 bridgehead atoms. The van der Waals surface area contributed by atoms with Crippen LogP contribution in [-0.4, -0.2) is 17.6 Å². The van der Waals surface area contributed by atoms with Crippen molar-refractivity contribution in [2.75, 3.05) is 12.8 Å². The number of anilines is 1. The number of nitrogens with zero attached hydrogens (tertiary/aromatic N) is 3. The number of azo groups is 1. The van der Waals surface area contributed by atoms with Gasteiger partial charge in [0.25, 0.3) is 0 Å². The van der Waals surface area contributed by atoms with Crippen molar-refractivity contribution in [3.05, 3.63) is 29.8 Å². The van der Waals surface area contributed by atoms with Gasteiger partial charge in [0.2, 0.25) is 5.13 Å². The summed E-state index contributed by atoms with van der Waals surface area (Å²) in [5, 5.41) is 10.5. The minimum atomic E-state index is 0. The van der Waals surface area contributed by atoms with E-state index in [2.05, 4.69) is 15.2 Å². The van der Waals surface area contributed by atoms with Gasteiger partial charge in [-0.1, -0.05) is 0 Å². The first-order valence-electron chi connectivity index (χ1n) is 4.54. The van der Waals surface area contributed by atoms with E-state index < -0.39 is 0 Å². The maximum atomic E-state index is 5.63. The Morgan fingerprint density at radius 1 is 1.35 bits per heavy atom. The summed E-state index contributed by atoms with van der Waals surface area (Å²) in [5.74, 6) is 0.598. The van der Waals surface area contributed by atoms with Crippen molar-refractivity contribution in [2.45, 2.75) is 0 Å². The number of nitrogen functional groups attached to an aromatic ring is 1. The van der Waals surface area contributed by atoms with Crippen molar-refractivity contribution < 1.29 is 10.2 Å². The van der Waals surface area contributed by atoms with Crippen molar-refractivity contribution >= 4 is 27.8 Å². The van der Waals surface area contributed by atoms with Crippen LogP contribution in [0.25, 0.3) is 0 Å². The highest BCUT2D eigenvalue weighted by atomic mass is 32.1. The third-order valence-electron chi connectivity index (χ3n) is 1.87. The molecule has 0 saturated heterocycles. The number of hydrogen-bond donors (Lipinski definition) is 1. The van der Waals surface area contributed by atoms with Crippen molar-refractivity contribution in [2.24, 2.45) is 10.2 Å². The highest BCUT2D eigenvalue weighted by Crippen LogP contribution is 2.30. The lowest BCUT2D eigenvalue weighted by Crippen LogP contribution is -1.87. The normalized spacial score (nSPS) is 10.2. The fourth-order valence-electron chi connectivity index (χ4n) is 1.14. The van der Waals surface area contributed by atoms with Crippen molar-refractivity contribution in [1.29, 1.82) is 0 Å². The minimum absolute atomic E-state index is 0. The second-order valence-corrected chi connectivity index (χ2v) is 3.82. The molecule has 0 saturated carbocycles. The second-order valence-electron chi connectivity index (χ2n) is 2.95. The Hall–Kier alpha value is -1.99. The Labute approximate surface area is 102 Å². The Kier molecular flexibility index (Phi) is 4.56. The molecule has 90 valence electrons. The molecule has 0 fully saturated rings. The van der Waals surface area contributed by atoms with Gasteiger partial charge in [-0.15, -0.1) is 21.6 Å². The molecule has 0 amide bonds. The molecule has 0 unspecified atom stereocenters. The number of methoxy groups -OCH3 is 1. The Morgan fingerprint density at radius 3 is 2.82 bits per heavy atom. The van der Waals surface area contributed by atoms with E-state index in [1.807, 2.05) is 5.38 Å². The summed E-state index contributed by atoms with van der Waals surface area (Å²) < 4.78 is 5.15. The largest absolute Gasteiger partial charge is 0.494 e. The molecule has 2 aromatic rings. The molecule has 2 rings (SSSR count). The molecule has 1 heterocycles. The summed E-state index contributed by atoms with van der Waals surface area (Å²) in [6.45, 7) is 0. The molecule has 6 nitrogen and oxygen atoms in total. The monoisotopic (exact) mass is 252 g/mol. The fraction of sp³-hybridized carbons (Fsp3) is 0.100. The van der Waals surface area contributed by atoms with Crippen LogP contribution < -0.4 is 10.5 Å². The van der Waals surface area contributed by atoms with E-state index in [0.29, 0.717) is 22.3 Å². The van der Waals surface area contributed by atoms with E-state index in [0.717, 1.165) is 0 Å². The predicted molar refractivity (Wildman–Crippen MR) is 67.3 cm³/mol. The van der Waals surface area contributed by atoms with E-state index >= 15 is 0 Å². The summed E-state index contributed by atoms with van der Waals surface area (Å²) in [6, 6.07) is 5.21. The summed E-state index contributed by atoms with van der Waals surface area (Å²) in [5.41, 5.74) is 6.89. The molecule has 4 N–H and O–H groups in total. The van der Waals surface area contributed by atoms with Crippen molar-refractivity contribution in [3.8, 4) is 5.75 Å². The van der Waals surface area contributed by atoms with E-state index in [4.69, 9.17) is 10.5 Å². The minimum Gasteiger partial charge on any atom is -0.494 e. The third-order valence-corrected chi connectivity index (χ3v) is 2.52. The van der Waals surface area contributed by atoms with Crippen LogP contribution in [0.1, 0.15) is 0 Å². The lowest BCUT2D eigenvalue weighted by atomic mass is 10.2. The molecule has 0 aliphatic rings. The number of rotatable bonds is 3. The average Bonchev–Trinajstić information content (AvgIpc) is 2.80. The third kappa shape index (κ3) is 3.23. The Balaban J connectivity index is 0.00000144. The maximum Gasteiger partial charge on any atom is 0.229 e. The van der Waals surface area contributed by atoms with Gasteiger partial charge in [0.1, 0.15) is 11.4 Å². The number of ether oxygens (including phenoxy) is 1. The first-order valence-corrected chi connectivity index (χ1v) is 5.42. The number of benzene rings is 1. The zero-order chi connectivity index (χ0) is 11.4. The Morgan fingerprint density at radius 2 is 2.18 bits per heavy atom. The van der Waals surface area contributed by atoms with Gasteiger partial charge in [-0.25, -0.2) is 4.98 Å². The quantitative estimate of drug-likeness (QED) is 0.669. The zero-order valence-electron chi connectivity index (χ0n) is 9.12. The molecule has 0 aliphatic heterocycles. The molecular weight excluding hydrogens is 240 g/mol. The smallest absolute Gasteiger partial charge is 0.229 e. The molecule has 0 aliphatic carbocycles. The molecule has 1 aromatic heterocycles. The van der Waals surface area contributed by atoms with E-state index in [-0.39, 0.29) is 5.48 Å². The first kappa shape index (κ1) is 13.1. The van der Waals surface area contributed by atoms with E-state index in [1.165, 1.54) is 11.3 Å². The second kappa shape index (κ2) is 5.92. The summed E-state index contributed by atoms with van der Waals surface area (Å²) in [4.78, 5) is 4.00. The van der Waals surface area contributed by atoms with Crippen molar-refractivity contribution in [3.63, 3.8) is 0 Å². The predicted octanol–water partition coefficient (Wildman–Crippen LogP) is 2.32. The summed E-state index contributed by atoms with van der Waals surface area (Å²) in [7, 11) is 1.57. The van der Waals surface area contributed by atoms with Gasteiger partial charge in [-0.2, -0.15) is 0 Å². The van der Waals surface area contributed by atoms with Crippen LogP contribution in [0.3, 0.4) is 0 Å². The number of hydrogen-bond acceptors (Lipinski definition) is 6. The van der Waals surface area contributed by atoms with Gasteiger partial charge < -0.3 is 15.9 Å². The standard InChI is InChI=1S/C10H10N4OS.H2O/c1-15-9-6-7(11)2-3-8(9)13-14-10-12-4-5-16-10;/h2-6H,11H2,1H3;1H2. The van der Waals surface area contributed by atoms with Crippen molar-refractivity contribution in [1.82, 2.24) is 4.98 Å². The van der Waals surface area contributed by atoms with Gasteiger partial charge in [0.15, 0.2) is 0 Å². The van der Waals surface area contributed by atoms with Crippen LogP contribution in [0.4, 0.5) is 16.5 Å². The van der Waals surface area contributed by atoms with Gasteiger partial charge in [-0.3, -0.25) is 0 Å². The van der Waals surface area contributed by atoms with Crippen LogP contribution in [0.5, 0.6) is 5.75 Å². The van der Waals surface area contributed by atoms with Crippen LogP contribution in [0.2, 0.25) is 0 Å². The highest BCUT2D eigenvalue weighted by Gasteiger charge is 2.02. The lowest BCUT2D eigenvalue weighted by molar-refractivity contribution is 0.416.